The summed E-state index contributed by atoms with van der Waals surface area (Å²) in [5, 5.41) is 1.04. The van der Waals surface area contributed by atoms with Crippen molar-refractivity contribution in [2.45, 2.75) is 56.7 Å². The minimum absolute atomic E-state index is 0. The maximum Gasteiger partial charge on any atom is 0.227 e. The number of ether oxygens (including phenoxy) is 1. The highest BCUT2D eigenvalue weighted by Gasteiger charge is 2.41. The number of hydrogen-bond donors (Lipinski definition) is 0. The van der Waals surface area contributed by atoms with Crippen LogP contribution in [0.5, 0.6) is 0 Å². The van der Waals surface area contributed by atoms with Crippen LogP contribution in [0.1, 0.15) is 37.7 Å². The Labute approximate surface area is 173 Å². The number of carbonyl (C=O) groups is 1. The van der Waals surface area contributed by atoms with E-state index in [9.17, 15) is 4.79 Å². The van der Waals surface area contributed by atoms with Gasteiger partial charge < -0.3 is 14.1 Å². The molecule has 1 aromatic heterocycles. The molecule has 3 atom stereocenters. The van der Waals surface area contributed by atoms with Crippen molar-refractivity contribution < 1.29 is 13.9 Å². The third kappa shape index (κ3) is 4.07. The molecular formula is C22H31ClN2O3. The summed E-state index contributed by atoms with van der Waals surface area (Å²) in [5.74, 6) is 0.176. The molecule has 1 amide bonds. The van der Waals surface area contributed by atoms with E-state index >= 15 is 0 Å². The van der Waals surface area contributed by atoms with Crippen LogP contribution in [-0.4, -0.2) is 61.1 Å². The lowest BCUT2D eigenvalue weighted by atomic mass is 9.85. The lowest BCUT2D eigenvalue weighted by molar-refractivity contribution is -0.136. The summed E-state index contributed by atoms with van der Waals surface area (Å²) in [6.45, 7) is 2.24. The summed E-state index contributed by atoms with van der Waals surface area (Å²) in [7, 11) is 3.79. The Balaban J connectivity index is 0.00000225. The predicted octanol–water partition coefficient (Wildman–Crippen LogP) is 3.89. The summed E-state index contributed by atoms with van der Waals surface area (Å²) in [6.07, 6.45) is 8.07. The normalized spacial score (nSPS) is 25.6. The Morgan fingerprint density at radius 3 is 2.75 bits per heavy atom. The van der Waals surface area contributed by atoms with Crippen LogP contribution >= 0.6 is 12.4 Å². The van der Waals surface area contributed by atoms with E-state index in [2.05, 4.69) is 4.90 Å². The van der Waals surface area contributed by atoms with Crippen molar-refractivity contribution in [1.82, 2.24) is 9.80 Å². The quantitative estimate of drug-likeness (QED) is 0.755. The second-order valence-electron chi connectivity index (χ2n) is 7.94. The number of likely N-dealkylation sites (tertiary alicyclic amines) is 1. The third-order valence-electron chi connectivity index (χ3n) is 6.45. The monoisotopic (exact) mass is 406 g/mol. The van der Waals surface area contributed by atoms with Crippen LogP contribution in [0.25, 0.3) is 11.0 Å². The average molecular weight is 407 g/mol. The van der Waals surface area contributed by atoms with Crippen molar-refractivity contribution in [3.8, 4) is 0 Å². The molecule has 1 saturated carbocycles. The molecule has 2 aliphatic rings. The van der Waals surface area contributed by atoms with Gasteiger partial charge in [0.15, 0.2) is 0 Å². The largest absolute Gasteiger partial charge is 0.464 e. The fourth-order valence-corrected chi connectivity index (χ4v) is 5.00. The number of methoxy groups -OCH3 is 1. The molecule has 2 heterocycles. The highest BCUT2D eigenvalue weighted by Crippen LogP contribution is 2.31. The zero-order valence-electron chi connectivity index (χ0n) is 16.8. The van der Waals surface area contributed by atoms with E-state index in [1.165, 1.54) is 12.8 Å². The molecule has 28 heavy (non-hydrogen) atoms. The van der Waals surface area contributed by atoms with E-state index in [-0.39, 0.29) is 30.5 Å². The van der Waals surface area contributed by atoms with E-state index in [1.54, 1.807) is 6.26 Å². The van der Waals surface area contributed by atoms with Crippen LogP contribution in [0.4, 0.5) is 0 Å². The molecule has 4 rings (SSSR count). The lowest BCUT2D eigenvalue weighted by Gasteiger charge is -2.46. The van der Waals surface area contributed by atoms with Crippen LogP contribution in [0.2, 0.25) is 0 Å². The molecule has 0 radical (unpaired) electrons. The van der Waals surface area contributed by atoms with Crippen molar-refractivity contribution in [2.75, 3.05) is 27.2 Å². The number of benzene rings is 1. The first-order valence-corrected chi connectivity index (χ1v) is 10.2. The van der Waals surface area contributed by atoms with Crippen LogP contribution in [0, 0.1) is 0 Å². The van der Waals surface area contributed by atoms with Gasteiger partial charge in [-0.05, 0) is 62.9 Å². The first-order valence-electron chi connectivity index (χ1n) is 10.2. The minimum Gasteiger partial charge on any atom is -0.464 e. The molecule has 6 heteroatoms. The number of likely N-dealkylation sites (N-methyl/N-ethyl adjacent to an activating group) is 1. The maximum atomic E-state index is 13.2. The van der Waals surface area contributed by atoms with Gasteiger partial charge in [0.25, 0.3) is 0 Å². The summed E-state index contributed by atoms with van der Waals surface area (Å²) in [5.41, 5.74) is 1.88. The number of furan rings is 1. The number of amides is 1. The van der Waals surface area contributed by atoms with E-state index in [4.69, 9.17) is 9.15 Å². The highest BCUT2D eigenvalue weighted by atomic mass is 35.5. The number of nitrogens with zero attached hydrogens (tertiary/aromatic N) is 2. The lowest BCUT2D eigenvalue weighted by Crippen LogP contribution is -2.59. The fourth-order valence-electron chi connectivity index (χ4n) is 5.00. The van der Waals surface area contributed by atoms with Gasteiger partial charge in [-0.15, -0.1) is 12.4 Å². The summed E-state index contributed by atoms with van der Waals surface area (Å²) in [4.78, 5) is 17.7. The van der Waals surface area contributed by atoms with Crippen LogP contribution in [0.15, 0.2) is 34.9 Å². The van der Waals surface area contributed by atoms with Gasteiger partial charge in [0.2, 0.25) is 5.91 Å². The van der Waals surface area contributed by atoms with Crippen molar-refractivity contribution in [2.24, 2.45) is 0 Å². The Morgan fingerprint density at radius 1 is 1.21 bits per heavy atom. The number of halogens is 1. The summed E-state index contributed by atoms with van der Waals surface area (Å²) in [6, 6.07) is 8.42. The summed E-state index contributed by atoms with van der Waals surface area (Å²) >= 11 is 0. The second kappa shape index (κ2) is 9.29. The van der Waals surface area contributed by atoms with Gasteiger partial charge >= 0.3 is 0 Å². The number of carbonyl (C=O) groups excluding carboxylic acids is 1. The SMILES string of the molecule is CO[C@@H]1CCC[C@@H](N(C)C(=O)Cc2cccc3occc23)[C@@H]1N1CCCC1.Cl. The molecule has 0 bridgehead atoms. The van der Waals surface area contributed by atoms with Crippen LogP contribution in [0.3, 0.4) is 0 Å². The first-order chi connectivity index (χ1) is 13.2. The van der Waals surface area contributed by atoms with Crippen molar-refractivity contribution in [3.05, 3.63) is 36.1 Å². The highest BCUT2D eigenvalue weighted by molar-refractivity contribution is 5.87. The molecule has 1 aliphatic carbocycles. The molecule has 1 aliphatic heterocycles. The Bertz CT molecular complexity index is 785. The predicted molar refractivity (Wildman–Crippen MR) is 113 cm³/mol. The van der Waals surface area contributed by atoms with Gasteiger partial charge in [-0.1, -0.05) is 12.1 Å². The minimum atomic E-state index is 0. The first kappa shape index (κ1) is 21.2. The zero-order chi connectivity index (χ0) is 18.8. The molecule has 2 fully saturated rings. The standard InChI is InChI=1S/C22H30N2O3.ClH/c1-23(21(25)15-16-7-5-9-19-17(16)11-14-27-19)18-8-6-10-20(26-2)22(18)24-12-3-4-13-24;/h5,7,9,11,14,18,20,22H,3-4,6,8,10,12-13,15H2,1-2H3;1H/t18-,20-,22+;/m1./s1. The molecule has 1 aromatic carbocycles. The molecular weight excluding hydrogens is 376 g/mol. The van der Waals surface area contributed by atoms with Crippen molar-refractivity contribution >= 4 is 29.3 Å². The van der Waals surface area contributed by atoms with Crippen molar-refractivity contribution in [1.29, 1.82) is 0 Å². The van der Waals surface area contributed by atoms with Gasteiger partial charge in [-0.2, -0.15) is 0 Å². The number of hydrogen-bond acceptors (Lipinski definition) is 4. The van der Waals surface area contributed by atoms with Crippen molar-refractivity contribution in [3.63, 3.8) is 0 Å². The van der Waals surface area contributed by atoms with E-state index < -0.39 is 0 Å². The smallest absolute Gasteiger partial charge is 0.227 e. The molecule has 2 aromatic rings. The molecule has 154 valence electrons. The molecule has 0 spiro atoms. The van der Waals surface area contributed by atoms with E-state index in [1.807, 2.05) is 43.3 Å². The van der Waals surface area contributed by atoms with Gasteiger partial charge in [0.1, 0.15) is 5.58 Å². The number of rotatable bonds is 5. The Hall–Kier alpha value is -1.56. The third-order valence-corrected chi connectivity index (χ3v) is 6.45. The van der Waals surface area contributed by atoms with Crippen LogP contribution in [-0.2, 0) is 16.0 Å². The van der Waals surface area contributed by atoms with E-state index in [0.717, 1.165) is 48.9 Å². The average Bonchev–Trinajstić information content (AvgIpc) is 3.38. The summed E-state index contributed by atoms with van der Waals surface area (Å²) < 4.78 is 11.3. The molecule has 0 N–H and O–H groups in total. The zero-order valence-corrected chi connectivity index (χ0v) is 17.6. The van der Waals surface area contributed by atoms with Gasteiger partial charge in [-0.25, -0.2) is 0 Å². The van der Waals surface area contributed by atoms with E-state index in [0.29, 0.717) is 12.5 Å². The number of fused-ring (bicyclic) bond motifs is 1. The molecule has 1 saturated heterocycles. The molecule has 5 nitrogen and oxygen atoms in total. The van der Waals surface area contributed by atoms with Gasteiger partial charge in [0, 0.05) is 25.6 Å². The van der Waals surface area contributed by atoms with Gasteiger partial charge in [0.05, 0.1) is 24.8 Å². The van der Waals surface area contributed by atoms with Gasteiger partial charge in [-0.3, -0.25) is 9.69 Å². The second-order valence-corrected chi connectivity index (χ2v) is 7.94. The maximum absolute atomic E-state index is 13.2. The Kier molecular flexibility index (Phi) is 7.02. The Morgan fingerprint density at radius 2 is 2.00 bits per heavy atom. The van der Waals surface area contributed by atoms with Crippen LogP contribution < -0.4 is 0 Å². The topological polar surface area (TPSA) is 45.9 Å². The molecule has 0 unspecified atom stereocenters. The fraction of sp³-hybridized carbons (Fsp3) is 0.591.